The zero-order chi connectivity index (χ0) is 13.4. The van der Waals surface area contributed by atoms with E-state index in [0.717, 1.165) is 12.5 Å². The van der Waals surface area contributed by atoms with E-state index in [0.29, 0.717) is 5.56 Å². The normalized spacial score (nSPS) is 15.4. The van der Waals surface area contributed by atoms with Crippen LogP contribution >= 0.6 is 7.60 Å². The Morgan fingerprint density at radius 1 is 1.29 bits per heavy atom. The lowest BCUT2D eigenvalue weighted by Gasteiger charge is -2.27. The Bertz CT molecular complexity index is 505. The van der Waals surface area contributed by atoms with Crippen LogP contribution in [-0.2, 0) is 14.5 Å². The molecule has 0 saturated heterocycles. The number of benzene rings is 1. The van der Waals surface area contributed by atoms with Gasteiger partial charge in [-0.1, -0.05) is 23.8 Å². The Morgan fingerprint density at radius 2 is 1.82 bits per heavy atom. The average molecular weight is 258 g/mol. The zero-order valence-electron chi connectivity index (χ0n) is 9.84. The van der Waals surface area contributed by atoms with Crippen molar-refractivity contribution in [3.8, 4) is 0 Å². The second-order valence-electron chi connectivity index (χ2n) is 4.24. The van der Waals surface area contributed by atoms with Crippen molar-refractivity contribution in [3.05, 3.63) is 34.9 Å². The Balaban J connectivity index is 3.55. The number of aliphatic carboxylic acids is 1. The summed E-state index contributed by atoms with van der Waals surface area (Å²) in [6, 6.07) is 4.79. The molecule has 0 saturated carbocycles. The molecule has 0 fully saturated rings. The molecule has 3 N–H and O–H groups in total. The van der Waals surface area contributed by atoms with Crippen LogP contribution in [0.2, 0.25) is 0 Å². The van der Waals surface area contributed by atoms with Crippen molar-refractivity contribution in [2.24, 2.45) is 0 Å². The number of rotatable bonds is 3. The zero-order valence-corrected chi connectivity index (χ0v) is 10.7. The van der Waals surface area contributed by atoms with Crippen LogP contribution in [0.25, 0.3) is 0 Å². The van der Waals surface area contributed by atoms with Crippen LogP contribution < -0.4 is 0 Å². The standard InChI is InChI=1S/C11H15O5P/c1-7-4-5-9(8(2)6-7)11(3,10(12)13)17(14,15)16/h4-6H,1-3H3,(H,12,13)(H2,14,15,16). The van der Waals surface area contributed by atoms with Crippen molar-refractivity contribution in [2.75, 3.05) is 0 Å². The molecule has 5 nitrogen and oxygen atoms in total. The minimum Gasteiger partial charge on any atom is -0.480 e. The molecule has 1 rings (SSSR count). The maximum Gasteiger partial charge on any atom is 0.346 e. The summed E-state index contributed by atoms with van der Waals surface area (Å²) in [7, 11) is -4.81. The monoisotopic (exact) mass is 258 g/mol. The Kier molecular flexibility index (Phi) is 3.48. The molecule has 0 aliphatic heterocycles. The van der Waals surface area contributed by atoms with Crippen molar-refractivity contribution in [3.63, 3.8) is 0 Å². The van der Waals surface area contributed by atoms with Gasteiger partial charge in [-0.15, -0.1) is 0 Å². The van der Waals surface area contributed by atoms with Crippen molar-refractivity contribution >= 4 is 13.6 Å². The first-order chi connectivity index (χ1) is 7.60. The van der Waals surface area contributed by atoms with Gasteiger partial charge in [0.05, 0.1) is 0 Å². The van der Waals surface area contributed by atoms with E-state index < -0.39 is 18.7 Å². The van der Waals surface area contributed by atoms with Gasteiger partial charge < -0.3 is 14.9 Å². The van der Waals surface area contributed by atoms with E-state index in [1.807, 2.05) is 6.92 Å². The summed E-state index contributed by atoms with van der Waals surface area (Å²) in [6.07, 6.45) is 0. The summed E-state index contributed by atoms with van der Waals surface area (Å²) < 4.78 is 11.4. The fourth-order valence-electron chi connectivity index (χ4n) is 1.76. The lowest BCUT2D eigenvalue weighted by molar-refractivity contribution is -0.140. The van der Waals surface area contributed by atoms with Crippen molar-refractivity contribution in [1.82, 2.24) is 0 Å². The first kappa shape index (κ1) is 13.9. The Labute approximate surface area is 99.3 Å². The molecule has 0 bridgehead atoms. The van der Waals surface area contributed by atoms with E-state index in [-0.39, 0.29) is 5.56 Å². The lowest BCUT2D eigenvalue weighted by atomic mass is 9.94. The summed E-state index contributed by atoms with van der Waals surface area (Å²) in [5, 5.41) is 6.92. The van der Waals surface area contributed by atoms with Crippen molar-refractivity contribution < 1.29 is 24.3 Å². The summed E-state index contributed by atoms with van der Waals surface area (Å²) in [6.45, 7) is 4.51. The smallest absolute Gasteiger partial charge is 0.346 e. The summed E-state index contributed by atoms with van der Waals surface area (Å²) in [5.41, 5.74) is 1.60. The number of carbonyl (C=O) groups is 1. The second-order valence-corrected chi connectivity index (χ2v) is 6.22. The highest BCUT2D eigenvalue weighted by molar-refractivity contribution is 7.54. The largest absolute Gasteiger partial charge is 0.480 e. The first-order valence-corrected chi connectivity index (χ1v) is 6.58. The molecular weight excluding hydrogens is 243 g/mol. The van der Waals surface area contributed by atoms with Gasteiger partial charge >= 0.3 is 13.6 Å². The van der Waals surface area contributed by atoms with Gasteiger partial charge in [0, 0.05) is 0 Å². The number of hydrogen-bond donors (Lipinski definition) is 3. The molecule has 6 heteroatoms. The van der Waals surface area contributed by atoms with Crippen LogP contribution in [0.3, 0.4) is 0 Å². The molecule has 1 aromatic carbocycles. The minimum absolute atomic E-state index is 0.143. The molecule has 0 radical (unpaired) electrons. The lowest BCUT2D eigenvalue weighted by Crippen LogP contribution is -2.33. The first-order valence-electron chi connectivity index (χ1n) is 4.97. The topological polar surface area (TPSA) is 94.8 Å². The van der Waals surface area contributed by atoms with E-state index in [9.17, 15) is 19.1 Å². The molecule has 0 aliphatic carbocycles. The fraction of sp³-hybridized carbons (Fsp3) is 0.364. The number of carboxylic acid groups (broad SMARTS) is 1. The fourth-order valence-corrected chi connectivity index (χ4v) is 2.57. The Morgan fingerprint density at radius 3 is 2.18 bits per heavy atom. The van der Waals surface area contributed by atoms with E-state index >= 15 is 0 Å². The van der Waals surface area contributed by atoms with Crippen LogP contribution in [0, 0.1) is 13.8 Å². The van der Waals surface area contributed by atoms with Gasteiger partial charge in [0.25, 0.3) is 0 Å². The predicted molar refractivity (Wildman–Crippen MR) is 62.9 cm³/mol. The van der Waals surface area contributed by atoms with Gasteiger partial charge in [-0.2, -0.15) is 0 Å². The van der Waals surface area contributed by atoms with Crippen LogP contribution in [0.5, 0.6) is 0 Å². The maximum atomic E-state index is 11.4. The van der Waals surface area contributed by atoms with Gasteiger partial charge in [-0.25, -0.2) is 0 Å². The van der Waals surface area contributed by atoms with Gasteiger partial charge in [-0.05, 0) is 31.9 Å². The molecule has 17 heavy (non-hydrogen) atoms. The highest BCUT2D eigenvalue weighted by atomic mass is 31.2. The SMILES string of the molecule is Cc1ccc(C(C)(C(=O)O)P(=O)(O)O)c(C)c1. The van der Waals surface area contributed by atoms with E-state index in [4.69, 9.17) is 5.11 Å². The Hall–Kier alpha value is -1.16. The van der Waals surface area contributed by atoms with Gasteiger partial charge in [0.1, 0.15) is 0 Å². The third-order valence-corrected chi connectivity index (χ3v) is 4.50. The molecule has 1 unspecified atom stereocenters. The predicted octanol–water partition coefficient (Wildman–Crippen LogP) is 1.78. The molecule has 0 aromatic heterocycles. The van der Waals surface area contributed by atoms with Crippen LogP contribution in [0.4, 0.5) is 0 Å². The molecular formula is C11H15O5P. The second kappa shape index (κ2) is 4.26. The molecule has 0 amide bonds. The highest BCUT2D eigenvalue weighted by Gasteiger charge is 2.51. The quantitative estimate of drug-likeness (QED) is 0.718. The van der Waals surface area contributed by atoms with Crippen LogP contribution in [0.1, 0.15) is 23.6 Å². The van der Waals surface area contributed by atoms with Crippen molar-refractivity contribution in [2.45, 2.75) is 25.9 Å². The molecule has 1 aromatic rings. The van der Waals surface area contributed by atoms with Gasteiger partial charge in [0.15, 0.2) is 5.16 Å². The van der Waals surface area contributed by atoms with E-state index in [1.165, 1.54) is 6.07 Å². The summed E-state index contributed by atoms with van der Waals surface area (Å²) in [4.78, 5) is 29.8. The van der Waals surface area contributed by atoms with E-state index in [2.05, 4.69) is 0 Å². The van der Waals surface area contributed by atoms with E-state index in [1.54, 1.807) is 19.1 Å². The summed E-state index contributed by atoms with van der Waals surface area (Å²) >= 11 is 0. The molecule has 0 aliphatic rings. The molecule has 0 spiro atoms. The van der Waals surface area contributed by atoms with Gasteiger partial charge in [0.2, 0.25) is 0 Å². The van der Waals surface area contributed by atoms with Crippen LogP contribution in [0.15, 0.2) is 18.2 Å². The third-order valence-electron chi connectivity index (χ3n) is 2.91. The third kappa shape index (κ3) is 2.27. The van der Waals surface area contributed by atoms with Gasteiger partial charge in [-0.3, -0.25) is 9.36 Å². The van der Waals surface area contributed by atoms with Crippen LogP contribution in [-0.4, -0.2) is 20.9 Å². The number of hydrogen-bond acceptors (Lipinski definition) is 2. The molecule has 1 atom stereocenters. The molecule has 94 valence electrons. The minimum atomic E-state index is -4.81. The number of aryl methyl sites for hydroxylation is 2. The summed E-state index contributed by atoms with van der Waals surface area (Å²) in [5.74, 6) is -1.53. The molecule has 0 heterocycles. The average Bonchev–Trinajstić information content (AvgIpc) is 2.14. The van der Waals surface area contributed by atoms with Crippen molar-refractivity contribution in [1.29, 1.82) is 0 Å². The maximum absolute atomic E-state index is 11.4. The number of carboxylic acids is 1. The highest BCUT2D eigenvalue weighted by Crippen LogP contribution is 2.57.